The quantitative estimate of drug-likeness (QED) is 0.929. The highest BCUT2D eigenvalue weighted by Crippen LogP contribution is 2.24. The number of rotatable bonds is 3. The minimum Gasteiger partial charge on any atom is -0.330 e. The summed E-state index contributed by atoms with van der Waals surface area (Å²) < 4.78 is 3.00. The normalized spacial score (nSPS) is 13.3. The summed E-state index contributed by atoms with van der Waals surface area (Å²) in [5.41, 5.74) is 6.84. The van der Waals surface area contributed by atoms with Gasteiger partial charge in [0, 0.05) is 18.7 Å². The van der Waals surface area contributed by atoms with E-state index < -0.39 is 0 Å². The van der Waals surface area contributed by atoms with E-state index in [1.165, 1.54) is 0 Å². The monoisotopic (exact) mass is 267 g/mol. The molecular formula is C11H14BrN3. The van der Waals surface area contributed by atoms with E-state index >= 15 is 0 Å². The zero-order valence-electron chi connectivity index (χ0n) is 8.65. The molecule has 0 aliphatic rings. The van der Waals surface area contributed by atoms with Gasteiger partial charge in [-0.1, -0.05) is 13.0 Å². The number of halogens is 1. The number of hydrogen-bond donors (Lipinski definition) is 1. The van der Waals surface area contributed by atoms with Crippen LogP contribution in [0.25, 0.3) is 5.52 Å². The van der Waals surface area contributed by atoms with Gasteiger partial charge in [0.2, 0.25) is 0 Å². The highest BCUT2D eigenvalue weighted by atomic mass is 79.9. The predicted octanol–water partition coefficient (Wildman–Crippen LogP) is 2.55. The first-order chi connectivity index (χ1) is 7.27. The SMILES string of the molecule is CCC(CN)c1nc(Br)c2ccccn12. The molecule has 1 unspecified atom stereocenters. The Morgan fingerprint density at radius 1 is 1.53 bits per heavy atom. The van der Waals surface area contributed by atoms with Crippen molar-refractivity contribution < 1.29 is 0 Å². The summed E-state index contributed by atoms with van der Waals surface area (Å²) in [6.07, 6.45) is 3.04. The first kappa shape index (κ1) is 10.6. The minimum atomic E-state index is 0.325. The van der Waals surface area contributed by atoms with Gasteiger partial charge in [0.15, 0.2) is 0 Å². The molecule has 1 atom stereocenters. The zero-order chi connectivity index (χ0) is 10.8. The highest BCUT2D eigenvalue weighted by Gasteiger charge is 2.15. The second-order valence-electron chi connectivity index (χ2n) is 3.56. The average Bonchev–Trinajstić information content (AvgIpc) is 2.60. The predicted molar refractivity (Wildman–Crippen MR) is 65.0 cm³/mol. The second-order valence-corrected chi connectivity index (χ2v) is 4.31. The van der Waals surface area contributed by atoms with E-state index in [-0.39, 0.29) is 0 Å². The van der Waals surface area contributed by atoms with E-state index in [9.17, 15) is 0 Å². The zero-order valence-corrected chi connectivity index (χ0v) is 10.2. The molecule has 0 bridgehead atoms. The van der Waals surface area contributed by atoms with Crippen LogP contribution in [0.5, 0.6) is 0 Å². The molecule has 0 saturated heterocycles. The first-order valence-electron chi connectivity index (χ1n) is 5.10. The summed E-state index contributed by atoms with van der Waals surface area (Å²) in [6.45, 7) is 2.77. The Labute approximate surface area is 97.4 Å². The molecule has 3 nitrogen and oxygen atoms in total. The van der Waals surface area contributed by atoms with E-state index in [0.29, 0.717) is 12.5 Å². The summed E-state index contributed by atoms with van der Waals surface area (Å²) in [7, 11) is 0. The number of hydrogen-bond acceptors (Lipinski definition) is 2. The van der Waals surface area contributed by atoms with Crippen molar-refractivity contribution in [3.63, 3.8) is 0 Å². The molecule has 0 saturated carbocycles. The van der Waals surface area contributed by atoms with E-state index in [1.807, 2.05) is 24.4 Å². The summed E-state index contributed by atoms with van der Waals surface area (Å²) >= 11 is 3.47. The molecule has 2 N–H and O–H groups in total. The van der Waals surface area contributed by atoms with Crippen LogP contribution in [-0.4, -0.2) is 15.9 Å². The van der Waals surface area contributed by atoms with Crippen molar-refractivity contribution in [2.24, 2.45) is 5.73 Å². The molecule has 0 aliphatic carbocycles. The molecule has 0 fully saturated rings. The smallest absolute Gasteiger partial charge is 0.132 e. The van der Waals surface area contributed by atoms with Gasteiger partial charge in [-0.05, 0) is 34.5 Å². The third-order valence-corrected chi connectivity index (χ3v) is 3.26. The molecule has 0 aliphatic heterocycles. The largest absolute Gasteiger partial charge is 0.330 e. The summed E-state index contributed by atoms with van der Waals surface area (Å²) in [5.74, 6) is 1.37. The van der Waals surface area contributed by atoms with Crippen LogP contribution in [0.4, 0.5) is 0 Å². The van der Waals surface area contributed by atoms with Crippen LogP contribution < -0.4 is 5.73 Å². The molecule has 2 rings (SSSR count). The van der Waals surface area contributed by atoms with Crippen molar-refractivity contribution in [1.29, 1.82) is 0 Å². The Bertz CT molecular complexity index is 460. The third kappa shape index (κ3) is 1.79. The van der Waals surface area contributed by atoms with Gasteiger partial charge in [0.25, 0.3) is 0 Å². The molecule has 15 heavy (non-hydrogen) atoms. The maximum atomic E-state index is 5.75. The Morgan fingerprint density at radius 2 is 2.33 bits per heavy atom. The van der Waals surface area contributed by atoms with Crippen LogP contribution in [-0.2, 0) is 0 Å². The lowest BCUT2D eigenvalue weighted by Crippen LogP contribution is -2.14. The maximum Gasteiger partial charge on any atom is 0.132 e. The van der Waals surface area contributed by atoms with Gasteiger partial charge in [-0.15, -0.1) is 0 Å². The second kappa shape index (κ2) is 4.33. The number of imidazole rings is 1. The van der Waals surface area contributed by atoms with Gasteiger partial charge >= 0.3 is 0 Å². The number of pyridine rings is 1. The fraction of sp³-hybridized carbons (Fsp3) is 0.364. The number of nitrogens with two attached hydrogens (primary N) is 1. The Balaban J connectivity index is 2.61. The standard InChI is InChI=1S/C11H14BrN3/c1-2-8(7-13)11-14-10(12)9-5-3-4-6-15(9)11/h3-6,8H,2,7,13H2,1H3. The number of fused-ring (bicyclic) bond motifs is 1. The van der Waals surface area contributed by atoms with E-state index in [0.717, 1.165) is 22.4 Å². The highest BCUT2D eigenvalue weighted by molar-refractivity contribution is 9.10. The van der Waals surface area contributed by atoms with Crippen LogP contribution in [0.2, 0.25) is 0 Å². The fourth-order valence-electron chi connectivity index (χ4n) is 1.77. The van der Waals surface area contributed by atoms with Crippen molar-refractivity contribution in [2.75, 3.05) is 6.54 Å². The fourth-order valence-corrected chi connectivity index (χ4v) is 2.27. The topological polar surface area (TPSA) is 43.3 Å². The molecular weight excluding hydrogens is 254 g/mol. The minimum absolute atomic E-state index is 0.325. The molecule has 2 aromatic heterocycles. The van der Waals surface area contributed by atoms with Crippen molar-refractivity contribution in [3.05, 3.63) is 34.8 Å². The molecule has 2 aromatic rings. The van der Waals surface area contributed by atoms with Crippen LogP contribution in [0, 0.1) is 0 Å². The lowest BCUT2D eigenvalue weighted by Gasteiger charge is -2.10. The van der Waals surface area contributed by atoms with Crippen LogP contribution in [0.15, 0.2) is 29.0 Å². The lowest BCUT2D eigenvalue weighted by molar-refractivity contribution is 0.627. The van der Waals surface area contributed by atoms with Gasteiger partial charge in [-0.2, -0.15) is 0 Å². The van der Waals surface area contributed by atoms with E-state index in [4.69, 9.17) is 5.73 Å². The average molecular weight is 268 g/mol. The summed E-state index contributed by atoms with van der Waals surface area (Å²) in [5, 5.41) is 0. The van der Waals surface area contributed by atoms with Crippen LogP contribution >= 0.6 is 15.9 Å². The van der Waals surface area contributed by atoms with E-state index in [1.54, 1.807) is 0 Å². The Hall–Kier alpha value is -0.870. The van der Waals surface area contributed by atoms with Gasteiger partial charge in [0.05, 0.1) is 5.52 Å². The van der Waals surface area contributed by atoms with Gasteiger partial charge in [-0.25, -0.2) is 4.98 Å². The molecule has 0 amide bonds. The van der Waals surface area contributed by atoms with Crippen LogP contribution in [0.3, 0.4) is 0 Å². The van der Waals surface area contributed by atoms with E-state index in [2.05, 4.69) is 32.2 Å². The molecule has 0 spiro atoms. The van der Waals surface area contributed by atoms with Crippen molar-refractivity contribution in [2.45, 2.75) is 19.3 Å². The molecule has 0 aromatic carbocycles. The first-order valence-corrected chi connectivity index (χ1v) is 5.89. The Morgan fingerprint density at radius 3 is 3.00 bits per heavy atom. The van der Waals surface area contributed by atoms with Crippen molar-refractivity contribution in [1.82, 2.24) is 9.38 Å². The number of aromatic nitrogens is 2. The Kier molecular flexibility index (Phi) is 3.07. The van der Waals surface area contributed by atoms with Crippen LogP contribution in [0.1, 0.15) is 25.1 Å². The van der Waals surface area contributed by atoms with Gasteiger partial charge < -0.3 is 10.1 Å². The van der Waals surface area contributed by atoms with Gasteiger partial charge in [0.1, 0.15) is 10.4 Å². The molecule has 0 radical (unpaired) electrons. The summed E-state index contributed by atoms with van der Waals surface area (Å²) in [6, 6.07) is 6.06. The molecule has 4 heteroatoms. The lowest BCUT2D eigenvalue weighted by atomic mass is 10.1. The summed E-state index contributed by atoms with van der Waals surface area (Å²) in [4.78, 5) is 4.53. The van der Waals surface area contributed by atoms with Crippen molar-refractivity contribution in [3.8, 4) is 0 Å². The molecule has 2 heterocycles. The molecule has 80 valence electrons. The maximum absolute atomic E-state index is 5.75. The third-order valence-electron chi connectivity index (χ3n) is 2.67. The van der Waals surface area contributed by atoms with Crippen molar-refractivity contribution >= 4 is 21.4 Å². The van der Waals surface area contributed by atoms with Gasteiger partial charge in [-0.3, -0.25) is 0 Å². The number of nitrogens with zero attached hydrogens (tertiary/aromatic N) is 2.